The van der Waals surface area contributed by atoms with E-state index in [0.717, 1.165) is 11.8 Å². The van der Waals surface area contributed by atoms with E-state index < -0.39 is 16.1 Å². The van der Waals surface area contributed by atoms with E-state index in [9.17, 15) is 18.0 Å². The van der Waals surface area contributed by atoms with Crippen LogP contribution in [0.25, 0.3) is 22.0 Å². The molecule has 0 atom stereocenters. The molecule has 2 amide bonds. The normalized spacial score (nSPS) is 11.9. The molecule has 3 aromatic rings. The molecule has 0 fully saturated rings. The van der Waals surface area contributed by atoms with Crippen LogP contribution in [-0.2, 0) is 10.0 Å². The molecule has 0 bridgehead atoms. The van der Waals surface area contributed by atoms with Gasteiger partial charge in [-0.3, -0.25) is 4.79 Å². The fourth-order valence-corrected chi connectivity index (χ4v) is 5.77. The maximum atomic E-state index is 12.9. The van der Waals surface area contributed by atoms with Gasteiger partial charge in [0.15, 0.2) is 5.43 Å². The number of allylic oxidation sites excluding steroid dienone is 1. The molecule has 2 aromatic carbocycles. The van der Waals surface area contributed by atoms with E-state index in [2.05, 4.69) is 16.9 Å². The number of aromatic nitrogens is 1. The van der Waals surface area contributed by atoms with Crippen LogP contribution in [0.1, 0.15) is 19.8 Å². The van der Waals surface area contributed by atoms with E-state index >= 15 is 0 Å². The summed E-state index contributed by atoms with van der Waals surface area (Å²) in [5.41, 5.74) is 1.59. The van der Waals surface area contributed by atoms with Crippen LogP contribution in [0.4, 0.5) is 10.5 Å². The molecular weight excluding hydrogens is 517 g/mol. The van der Waals surface area contributed by atoms with Crippen molar-refractivity contribution in [3.8, 4) is 11.1 Å². The Labute approximate surface area is 211 Å². The number of benzene rings is 2. The van der Waals surface area contributed by atoms with Gasteiger partial charge in [0.25, 0.3) is 10.0 Å². The zero-order chi connectivity index (χ0) is 24.9. The van der Waals surface area contributed by atoms with Crippen LogP contribution in [0.5, 0.6) is 0 Å². The molecule has 0 aliphatic carbocycles. The summed E-state index contributed by atoms with van der Waals surface area (Å²) in [6.45, 7) is 5.37. The van der Waals surface area contributed by atoms with Crippen LogP contribution in [0, 0.1) is 0 Å². The Morgan fingerprint density at radius 3 is 2.62 bits per heavy atom. The Morgan fingerprint density at radius 1 is 1.21 bits per heavy atom. The molecule has 1 aromatic heterocycles. The van der Waals surface area contributed by atoms with E-state index in [1.165, 1.54) is 18.2 Å². The number of amides is 2. The lowest BCUT2D eigenvalue weighted by Crippen LogP contribution is -2.34. The average Bonchev–Trinajstić information content (AvgIpc) is 2.77. The summed E-state index contributed by atoms with van der Waals surface area (Å²) in [4.78, 5) is 28.3. The number of hydrogen-bond acceptors (Lipinski definition) is 5. The van der Waals surface area contributed by atoms with Crippen molar-refractivity contribution in [3.63, 3.8) is 0 Å². The molecule has 34 heavy (non-hydrogen) atoms. The summed E-state index contributed by atoms with van der Waals surface area (Å²) in [6, 6.07) is 10.7. The van der Waals surface area contributed by atoms with Crippen molar-refractivity contribution in [2.45, 2.75) is 19.8 Å². The van der Waals surface area contributed by atoms with Gasteiger partial charge in [0.1, 0.15) is 4.24 Å². The monoisotopic (exact) mass is 537 g/mol. The summed E-state index contributed by atoms with van der Waals surface area (Å²) in [7, 11) is -4.16. The van der Waals surface area contributed by atoms with Crippen molar-refractivity contribution in [2.24, 2.45) is 0 Å². The van der Waals surface area contributed by atoms with Crippen LogP contribution in [0.15, 0.2) is 74.7 Å². The number of hydrogen-bond donors (Lipinski definition) is 3. The average molecular weight is 538 g/mol. The smallest absolute Gasteiger partial charge is 0.333 e. The number of sulfonamides is 1. The van der Waals surface area contributed by atoms with Crippen molar-refractivity contribution < 1.29 is 13.2 Å². The topological polar surface area (TPSA) is 108 Å². The summed E-state index contributed by atoms with van der Waals surface area (Å²) < 4.78 is 27.1. The van der Waals surface area contributed by atoms with Crippen LogP contribution < -0.4 is 15.5 Å². The van der Waals surface area contributed by atoms with Gasteiger partial charge in [-0.2, -0.15) is 0 Å². The SMILES string of the molecule is C=C(Cl)S/C(=C\CCC)S(=O)(=O)NC(=O)Nc1ccc(-c2c[nH]c3ccccc3c2=O)c(Cl)c1. The van der Waals surface area contributed by atoms with Gasteiger partial charge in [-0.1, -0.05) is 79.2 Å². The second kappa shape index (κ2) is 11.1. The third-order valence-corrected chi connectivity index (χ3v) is 7.80. The van der Waals surface area contributed by atoms with Crippen molar-refractivity contribution in [1.29, 1.82) is 0 Å². The number of pyridine rings is 1. The third kappa shape index (κ3) is 6.24. The van der Waals surface area contributed by atoms with Gasteiger partial charge in [0.2, 0.25) is 0 Å². The molecule has 0 spiro atoms. The number of unbranched alkanes of at least 4 members (excludes halogenated alkanes) is 1. The molecule has 0 saturated carbocycles. The van der Waals surface area contributed by atoms with Crippen molar-refractivity contribution in [3.05, 3.63) is 85.2 Å². The number of thioether (sulfide) groups is 1. The van der Waals surface area contributed by atoms with Gasteiger partial charge >= 0.3 is 6.03 Å². The minimum absolute atomic E-state index is 0.0548. The number of carbonyl (C=O) groups is 1. The molecule has 1 heterocycles. The van der Waals surface area contributed by atoms with Crippen LogP contribution in [-0.4, -0.2) is 19.4 Å². The predicted octanol–water partition coefficient (Wildman–Crippen LogP) is 6.38. The maximum Gasteiger partial charge on any atom is 0.333 e. The van der Waals surface area contributed by atoms with E-state index in [-0.39, 0.29) is 24.7 Å². The highest BCUT2D eigenvalue weighted by Gasteiger charge is 2.22. The zero-order valence-electron chi connectivity index (χ0n) is 18.0. The molecule has 0 saturated heterocycles. The first-order valence-corrected chi connectivity index (χ1v) is 13.1. The number of urea groups is 1. The Bertz CT molecular complexity index is 1450. The van der Waals surface area contributed by atoms with Gasteiger partial charge < -0.3 is 10.3 Å². The first-order chi connectivity index (χ1) is 16.1. The van der Waals surface area contributed by atoms with Crippen LogP contribution in [0.3, 0.4) is 0 Å². The number of halogens is 2. The molecule has 7 nitrogen and oxygen atoms in total. The lowest BCUT2D eigenvalue weighted by molar-refractivity contribution is 0.256. The number of aromatic amines is 1. The summed E-state index contributed by atoms with van der Waals surface area (Å²) in [5.74, 6) is 0. The number of anilines is 1. The Morgan fingerprint density at radius 2 is 1.94 bits per heavy atom. The number of H-pyrrole nitrogens is 1. The van der Waals surface area contributed by atoms with Crippen LogP contribution in [0.2, 0.25) is 5.02 Å². The minimum Gasteiger partial charge on any atom is -0.360 e. The summed E-state index contributed by atoms with van der Waals surface area (Å²) >= 11 is 12.9. The fourth-order valence-electron chi connectivity index (χ4n) is 3.09. The first kappa shape index (κ1) is 25.9. The van der Waals surface area contributed by atoms with Gasteiger partial charge in [-0.15, -0.1) is 0 Å². The Hall–Kier alpha value is -2.72. The molecule has 178 valence electrons. The molecular formula is C23H21Cl2N3O4S2. The number of fused-ring (bicyclic) bond motifs is 1. The van der Waals surface area contributed by atoms with Gasteiger partial charge in [0.05, 0.1) is 9.39 Å². The van der Waals surface area contributed by atoms with Crippen molar-refractivity contribution in [1.82, 2.24) is 9.71 Å². The highest BCUT2D eigenvalue weighted by atomic mass is 35.5. The van der Waals surface area contributed by atoms with E-state index in [1.54, 1.807) is 30.5 Å². The van der Waals surface area contributed by atoms with E-state index in [1.807, 2.05) is 17.7 Å². The largest absolute Gasteiger partial charge is 0.360 e. The molecule has 0 radical (unpaired) electrons. The minimum atomic E-state index is -4.16. The van der Waals surface area contributed by atoms with Crippen molar-refractivity contribution in [2.75, 3.05) is 5.32 Å². The number of rotatable bonds is 8. The number of para-hydroxylation sites is 1. The quantitative estimate of drug-likeness (QED) is 0.308. The van der Waals surface area contributed by atoms with Gasteiger partial charge in [-0.25, -0.2) is 17.9 Å². The highest BCUT2D eigenvalue weighted by Crippen LogP contribution is 2.31. The zero-order valence-corrected chi connectivity index (χ0v) is 21.2. The number of nitrogens with one attached hydrogen (secondary N) is 3. The second-order valence-corrected chi connectivity index (χ2v) is 11.2. The van der Waals surface area contributed by atoms with E-state index in [0.29, 0.717) is 34.9 Å². The Kier molecular flexibility index (Phi) is 8.48. The lowest BCUT2D eigenvalue weighted by Gasteiger charge is -2.12. The Balaban J connectivity index is 1.80. The van der Waals surface area contributed by atoms with Crippen LogP contribution >= 0.6 is 35.0 Å². The molecule has 3 rings (SSSR count). The molecule has 11 heteroatoms. The third-order valence-electron chi connectivity index (χ3n) is 4.61. The predicted molar refractivity (Wildman–Crippen MR) is 142 cm³/mol. The summed E-state index contributed by atoms with van der Waals surface area (Å²) in [6.07, 6.45) is 4.25. The van der Waals surface area contributed by atoms with Gasteiger partial charge in [0, 0.05) is 33.9 Å². The number of carbonyl (C=O) groups excluding carboxylic acids is 1. The second-order valence-electron chi connectivity index (χ2n) is 7.10. The molecule has 3 N–H and O–H groups in total. The maximum absolute atomic E-state index is 12.9. The lowest BCUT2D eigenvalue weighted by atomic mass is 10.0. The van der Waals surface area contributed by atoms with Gasteiger partial charge in [-0.05, 0) is 30.7 Å². The highest BCUT2D eigenvalue weighted by molar-refractivity contribution is 8.21. The standard InChI is InChI=1S/C23H21Cl2N3O4S2/c1-3-4-9-21(33-14(2)24)34(31,32)28-23(30)27-15-10-11-16(19(25)12-15)18-13-26-20-8-6-5-7-17(20)22(18)29/h5-13H,2-4H2,1H3,(H,26,29)(H2,27,28,30)/b21-9+. The summed E-state index contributed by atoms with van der Waals surface area (Å²) in [5, 5.41) is 3.16. The first-order valence-electron chi connectivity index (χ1n) is 10.1. The molecule has 0 aliphatic heterocycles. The fraction of sp³-hybridized carbons (Fsp3) is 0.130. The molecule has 0 aliphatic rings. The van der Waals surface area contributed by atoms with Crippen molar-refractivity contribution >= 4 is 67.6 Å². The molecule has 0 unspecified atom stereocenters. The van der Waals surface area contributed by atoms with E-state index in [4.69, 9.17) is 23.2 Å².